The van der Waals surface area contributed by atoms with Crippen molar-refractivity contribution in [3.05, 3.63) is 47.5 Å². The number of carbonyl (C=O) groups excluding carboxylic acids is 3. The van der Waals surface area contributed by atoms with Gasteiger partial charge in [-0.25, -0.2) is 0 Å². The summed E-state index contributed by atoms with van der Waals surface area (Å²) in [6.45, 7) is 2.82. The van der Waals surface area contributed by atoms with Gasteiger partial charge < -0.3 is 24.4 Å². The Hall–Kier alpha value is -2.20. The molecule has 4 atom stereocenters. The molecule has 9 heteroatoms. The molecule has 42 heavy (non-hydrogen) atoms. The van der Waals surface area contributed by atoms with Crippen molar-refractivity contribution in [3.63, 3.8) is 0 Å². The zero-order chi connectivity index (χ0) is 30.6. The predicted octanol–water partition coefficient (Wildman–Crippen LogP) is 5.21. The second-order valence-electron chi connectivity index (χ2n) is 10.9. The van der Waals surface area contributed by atoms with Crippen LogP contribution in [0.15, 0.2) is 36.4 Å². The second kappa shape index (κ2) is 21.5. The lowest BCUT2D eigenvalue weighted by Gasteiger charge is -2.18. The van der Waals surface area contributed by atoms with Crippen LogP contribution in [0.25, 0.3) is 0 Å². The molecule has 0 radical (unpaired) electrons. The van der Waals surface area contributed by atoms with Gasteiger partial charge in [0.15, 0.2) is 0 Å². The minimum atomic E-state index is -0.735. The highest BCUT2D eigenvalue weighted by Gasteiger charge is 2.39. The highest BCUT2D eigenvalue weighted by molar-refractivity contribution is 7.99. The Morgan fingerprint density at radius 1 is 1.02 bits per heavy atom. The Balaban J connectivity index is 1.59. The molecule has 0 aromatic heterocycles. The van der Waals surface area contributed by atoms with Crippen LogP contribution in [0.3, 0.4) is 0 Å². The third-order valence-corrected chi connectivity index (χ3v) is 8.47. The predicted molar refractivity (Wildman–Crippen MR) is 165 cm³/mol. The summed E-state index contributed by atoms with van der Waals surface area (Å²) >= 11 is 1.67. The zero-order valence-corrected chi connectivity index (χ0v) is 26.2. The average Bonchev–Trinajstić information content (AvgIpc) is 3.23. The maximum absolute atomic E-state index is 12.5. The van der Waals surface area contributed by atoms with Crippen LogP contribution in [-0.2, 0) is 41.6 Å². The van der Waals surface area contributed by atoms with Crippen molar-refractivity contribution in [2.45, 2.75) is 96.4 Å². The van der Waals surface area contributed by atoms with Crippen LogP contribution in [0, 0.1) is 11.8 Å². The first-order chi connectivity index (χ1) is 20.3. The molecule has 1 aromatic rings. The van der Waals surface area contributed by atoms with Gasteiger partial charge in [-0.05, 0) is 41.9 Å². The van der Waals surface area contributed by atoms with E-state index in [1.807, 2.05) is 24.3 Å². The third-order valence-electron chi connectivity index (χ3n) is 7.37. The molecule has 1 aliphatic rings. The number of methoxy groups -OCH3 is 1. The van der Waals surface area contributed by atoms with E-state index in [2.05, 4.69) is 6.92 Å². The molecule has 2 N–H and O–H groups in total. The van der Waals surface area contributed by atoms with Gasteiger partial charge in [0.1, 0.15) is 19.0 Å². The van der Waals surface area contributed by atoms with Gasteiger partial charge in [0.25, 0.3) is 0 Å². The van der Waals surface area contributed by atoms with Gasteiger partial charge in [0, 0.05) is 44.6 Å². The molecule has 0 heterocycles. The SMILES string of the molecule is CCCCCCCC(=O)OCCOC(=O)CCCSCC[C@H]1C(=O)C[C@@H](O)[C@@H]1/C=C/[C@@H](O)Cc1cccc(COC)c1. The first kappa shape index (κ1) is 36.0. The van der Waals surface area contributed by atoms with Gasteiger partial charge in [0.05, 0.1) is 18.8 Å². The molecule has 2 rings (SSSR count). The van der Waals surface area contributed by atoms with Crippen LogP contribution >= 0.6 is 11.8 Å². The summed E-state index contributed by atoms with van der Waals surface area (Å²) in [7, 11) is 1.64. The number of Topliss-reactive ketones (excluding diaryl/α,β-unsaturated/α-hetero) is 1. The molecule has 8 nitrogen and oxygen atoms in total. The number of aliphatic hydroxyl groups is 2. The minimum absolute atomic E-state index is 0.0558. The standard InChI is InChI=1S/C33H50O8S/c1-3-4-5-6-7-12-32(37)40-17-18-41-33(38)13-9-19-42-20-16-29-28(30(35)23-31(29)36)15-14-27(34)22-25-10-8-11-26(21-25)24-39-2/h8,10-11,14-15,21,27-30,34-35H,3-7,9,12-13,16-20,22-24H2,1-2H3/b15-14+/t27-,28-,29-,30-/m1/s1. The fraction of sp³-hybridized carbons (Fsp3) is 0.667. The maximum atomic E-state index is 12.5. The van der Waals surface area contributed by atoms with Crippen LogP contribution in [0.1, 0.15) is 82.3 Å². The Labute approximate surface area is 255 Å². The monoisotopic (exact) mass is 606 g/mol. The van der Waals surface area contributed by atoms with Gasteiger partial charge >= 0.3 is 11.9 Å². The Bertz CT molecular complexity index is 965. The highest BCUT2D eigenvalue weighted by Crippen LogP contribution is 2.34. The van der Waals surface area contributed by atoms with Crippen molar-refractivity contribution < 1.29 is 38.8 Å². The number of aliphatic hydroxyl groups excluding tert-OH is 2. The Morgan fingerprint density at radius 2 is 1.71 bits per heavy atom. The summed E-state index contributed by atoms with van der Waals surface area (Å²) in [5, 5.41) is 21.0. The molecule has 1 saturated carbocycles. The van der Waals surface area contributed by atoms with Crippen molar-refractivity contribution >= 4 is 29.5 Å². The largest absolute Gasteiger partial charge is 0.462 e. The Kier molecular flexibility index (Phi) is 18.4. The minimum Gasteiger partial charge on any atom is -0.462 e. The highest BCUT2D eigenvalue weighted by atomic mass is 32.2. The van der Waals surface area contributed by atoms with E-state index in [0.29, 0.717) is 32.3 Å². The molecule has 1 fully saturated rings. The van der Waals surface area contributed by atoms with Crippen LogP contribution in [-0.4, -0.2) is 72.0 Å². The van der Waals surface area contributed by atoms with E-state index < -0.39 is 12.2 Å². The van der Waals surface area contributed by atoms with E-state index in [1.165, 1.54) is 12.8 Å². The molecule has 0 aliphatic heterocycles. The number of esters is 2. The molecule has 236 valence electrons. The summed E-state index contributed by atoms with van der Waals surface area (Å²) in [6.07, 6.45) is 9.96. The normalized spacial score (nSPS) is 19.3. The van der Waals surface area contributed by atoms with Crippen LogP contribution < -0.4 is 0 Å². The van der Waals surface area contributed by atoms with Gasteiger partial charge in [0.2, 0.25) is 0 Å². The number of hydrogen-bond acceptors (Lipinski definition) is 9. The number of unbranched alkanes of at least 4 members (excludes halogenated alkanes) is 4. The number of benzene rings is 1. The Morgan fingerprint density at radius 3 is 2.43 bits per heavy atom. The average molecular weight is 607 g/mol. The number of ether oxygens (including phenoxy) is 3. The summed E-state index contributed by atoms with van der Waals surface area (Å²) in [5.41, 5.74) is 2.03. The summed E-state index contributed by atoms with van der Waals surface area (Å²) < 4.78 is 15.4. The lowest BCUT2D eigenvalue weighted by atomic mass is 9.91. The number of carbonyl (C=O) groups is 3. The van der Waals surface area contributed by atoms with Crippen LogP contribution in [0.4, 0.5) is 0 Å². The van der Waals surface area contributed by atoms with E-state index in [9.17, 15) is 24.6 Å². The molecule has 0 bridgehead atoms. The topological polar surface area (TPSA) is 119 Å². The number of hydrogen-bond donors (Lipinski definition) is 2. The van der Waals surface area contributed by atoms with E-state index in [0.717, 1.165) is 41.9 Å². The van der Waals surface area contributed by atoms with Gasteiger partial charge in [-0.1, -0.05) is 69.0 Å². The van der Waals surface area contributed by atoms with Crippen molar-refractivity contribution in [1.82, 2.24) is 0 Å². The molecule has 0 spiro atoms. The third kappa shape index (κ3) is 14.8. The number of rotatable bonds is 22. The molecular weight excluding hydrogens is 556 g/mol. The van der Waals surface area contributed by atoms with Crippen molar-refractivity contribution in [3.8, 4) is 0 Å². The van der Waals surface area contributed by atoms with Gasteiger partial charge in [-0.15, -0.1) is 0 Å². The van der Waals surface area contributed by atoms with Gasteiger partial charge in [-0.2, -0.15) is 11.8 Å². The van der Waals surface area contributed by atoms with E-state index in [4.69, 9.17) is 14.2 Å². The lowest BCUT2D eigenvalue weighted by Crippen LogP contribution is -2.20. The summed E-state index contributed by atoms with van der Waals surface area (Å²) in [6, 6.07) is 7.87. The van der Waals surface area contributed by atoms with E-state index in [-0.39, 0.29) is 55.6 Å². The fourth-order valence-electron chi connectivity index (χ4n) is 5.13. The van der Waals surface area contributed by atoms with Crippen molar-refractivity contribution in [1.29, 1.82) is 0 Å². The smallest absolute Gasteiger partial charge is 0.305 e. The van der Waals surface area contributed by atoms with Gasteiger partial charge in [-0.3, -0.25) is 14.4 Å². The van der Waals surface area contributed by atoms with Crippen molar-refractivity contribution in [2.75, 3.05) is 31.8 Å². The first-order valence-electron chi connectivity index (χ1n) is 15.4. The maximum Gasteiger partial charge on any atom is 0.305 e. The zero-order valence-electron chi connectivity index (χ0n) is 25.3. The number of thioether (sulfide) groups is 1. The second-order valence-corrected chi connectivity index (χ2v) is 12.2. The molecular formula is C33H50O8S. The molecule has 0 unspecified atom stereocenters. The lowest BCUT2D eigenvalue weighted by molar-refractivity contribution is -0.152. The molecule has 1 aliphatic carbocycles. The molecule has 0 saturated heterocycles. The number of ketones is 1. The summed E-state index contributed by atoms with van der Waals surface area (Å²) in [4.78, 5) is 36.2. The fourth-order valence-corrected chi connectivity index (χ4v) is 6.10. The first-order valence-corrected chi connectivity index (χ1v) is 16.5. The quantitative estimate of drug-likeness (QED) is 0.104. The van der Waals surface area contributed by atoms with Crippen molar-refractivity contribution in [2.24, 2.45) is 11.8 Å². The molecule has 1 aromatic carbocycles. The summed E-state index contributed by atoms with van der Waals surface area (Å²) in [5.74, 6) is 0.418. The van der Waals surface area contributed by atoms with E-state index in [1.54, 1.807) is 31.0 Å². The molecule has 0 amide bonds. The van der Waals surface area contributed by atoms with Crippen LogP contribution in [0.2, 0.25) is 0 Å². The van der Waals surface area contributed by atoms with E-state index >= 15 is 0 Å². The van der Waals surface area contributed by atoms with Crippen LogP contribution in [0.5, 0.6) is 0 Å².